The summed E-state index contributed by atoms with van der Waals surface area (Å²) in [6.07, 6.45) is 0.814. The summed E-state index contributed by atoms with van der Waals surface area (Å²) in [4.78, 5) is 25.8. The second kappa shape index (κ2) is 7.17. The van der Waals surface area contributed by atoms with E-state index in [-0.39, 0.29) is 16.8 Å². The Balaban J connectivity index is 2.08. The summed E-state index contributed by atoms with van der Waals surface area (Å²) < 4.78 is 0. The van der Waals surface area contributed by atoms with E-state index in [2.05, 4.69) is 5.32 Å². The number of carbonyl (C=O) groups excluding carboxylic acids is 2. The molecule has 1 aliphatic heterocycles. The standard InChI is InChI=1S/C15H19N3O2S/c16-14(21)12(10-11-4-2-1-3-5-11)15(20)18-8-6-13(19)17-7-9-18/h1-5,12H,6-10H2,(H2,16,21)(H,17,19). The van der Waals surface area contributed by atoms with Gasteiger partial charge in [-0.1, -0.05) is 42.5 Å². The van der Waals surface area contributed by atoms with Gasteiger partial charge in [0.25, 0.3) is 0 Å². The molecule has 1 heterocycles. The molecule has 2 amide bonds. The van der Waals surface area contributed by atoms with Crippen LogP contribution >= 0.6 is 12.2 Å². The van der Waals surface area contributed by atoms with E-state index in [1.807, 2.05) is 30.3 Å². The second-order valence-corrected chi connectivity index (χ2v) is 5.54. The van der Waals surface area contributed by atoms with Gasteiger partial charge in [-0.05, 0) is 12.0 Å². The predicted molar refractivity (Wildman–Crippen MR) is 84.6 cm³/mol. The van der Waals surface area contributed by atoms with Crippen LogP contribution in [0.2, 0.25) is 0 Å². The van der Waals surface area contributed by atoms with Gasteiger partial charge in [-0.25, -0.2) is 0 Å². The molecule has 5 nitrogen and oxygen atoms in total. The highest BCUT2D eigenvalue weighted by molar-refractivity contribution is 7.80. The fourth-order valence-electron chi connectivity index (χ4n) is 2.37. The first kappa shape index (κ1) is 15.4. The minimum Gasteiger partial charge on any atom is -0.393 e. The van der Waals surface area contributed by atoms with Crippen LogP contribution in [0, 0.1) is 5.92 Å². The molecule has 1 atom stereocenters. The Morgan fingerprint density at radius 2 is 2.05 bits per heavy atom. The van der Waals surface area contributed by atoms with Gasteiger partial charge in [0.1, 0.15) is 0 Å². The molecule has 21 heavy (non-hydrogen) atoms. The number of hydrogen-bond donors (Lipinski definition) is 2. The molecule has 1 aromatic rings. The number of rotatable bonds is 4. The second-order valence-electron chi connectivity index (χ2n) is 5.07. The number of hydrogen-bond acceptors (Lipinski definition) is 3. The summed E-state index contributed by atoms with van der Waals surface area (Å²) in [6, 6.07) is 9.67. The monoisotopic (exact) mass is 305 g/mol. The third kappa shape index (κ3) is 4.26. The van der Waals surface area contributed by atoms with Gasteiger partial charge in [-0.2, -0.15) is 0 Å². The van der Waals surface area contributed by atoms with E-state index in [4.69, 9.17) is 18.0 Å². The molecular weight excluding hydrogens is 286 g/mol. The van der Waals surface area contributed by atoms with Crippen molar-refractivity contribution in [3.8, 4) is 0 Å². The van der Waals surface area contributed by atoms with E-state index in [9.17, 15) is 9.59 Å². The maximum absolute atomic E-state index is 12.6. The molecule has 1 fully saturated rings. The minimum absolute atomic E-state index is 0.0276. The van der Waals surface area contributed by atoms with Crippen molar-refractivity contribution in [2.24, 2.45) is 11.7 Å². The highest BCUT2D eigenvalue weighted by Gasteiger charge is 2.28. The summed E-state index contributed by atoms with van der Waals surface area (Å²) in [5, 5.41) is 2.75. The molecule has 112 valence electrons. The van der Waals surface area contributed by atoms with Crippen LogP contribution in [0.1, 0.15) is 12.0 Å². The molecule has 1 saturated heterocycles. The molecule has 0 spiro atoms. The van der Waals surface area contributed by atoms with Gasteiger partial charge in [-0.3, -0.25) is 9.59 Å². The van der Waals surface area contributed by atoms with Crippen LogP contribution in [0.3, 0.4) is 0 Å². The van der Waals surface area contributed by atoms with Gasteiger partial charge < -0.3 is 16.0 Å². The van der Waals surface area contributed by atoms with Gasteiger partial charge in [0.2, 0.25) is 11.8 Å². The average molecular weight is 305 g/mol. The lowest BCUT2D eigenvalue weighted by Gasteiger charge is -2.25. The normalized spacial score (nSPS) is 16.8. The van der Waals surface area contributed by atoms with Crippen molar-refractivity contribution < 1.29 is 9.59 Å². The van der Waals surface area contributed by atoms with Crippen molar-refractivity contribution in [1.29, 1.82) is 0 Å². The van der Waals surface area contributed by atoms with Crippen molar-refractivity contribution in [1.82, 2.24) is 10.2 Å². The highest BCUT2D eigenvalue weighted by atomic mass is 32.1. The summed E-state index contributed by atoms with van der Waals surface area (Å²) in [6.45, 7) is 1.39. The van der Waals surface area contributed by atoms with Crippen molar-refractivity contribution >= 4 is 29.0 Å². The van der Waals surface area contributed by atoms with Gasteiger partial charge in [-0.15, -0.1) is 0 Å². The average Bonchev–Trinajstić information content (AvgIpc) is 2.69. The molecule has 2 rings (SSSR count). The maximum Gasteiger partial charge on any atom is 0.232 e. The zero-order valence-corrected chi connectivity index (χ0v) is 12.6. The first-order valence-corrected chi connectivity index (χ1v) is 7.37. The zero-order valence-electron chi connectivity index (χ0n) is 11.7. The van der Waals surface area contributed by atoms with Gasteiger partial charge in [0, 0.05) is 26.1 Å². The molecule has 0 radical (unpaired) electrons. The molecule has 0 saturated carbocycles. The maximum atomic E-state index is 12.6. The van der Waals surface area contributed by atoms with E-state index in [0.29, 0.717) is 32.5 Å². The van der Waals surface area contributed by atoms with E-state index in [1.165, 1.54) is 0 Å². The molecule has 1 unspecified atom stereocenters. The SMILES string of the molecule is NC(=S)C(Cc1ccccc1)C(=O)N1CCNC(=O)CC1. The molecule has 6 heteroatoms. The number of nitrogens with zero attached hydrogens (tertiary/aromatic N) is 1. The number of benzene rings is 1. The summed E-state index contributed by atoms with van der Waals surface area (Å²) in [5.74, 6) is -0.640. The minimum atomic E-state index is -0.518. The predicted octanol–water partition coefficient (Wildman–Crippen LogP) is 0.480. The van der Waals surface area contributed by atoms with E-state index >= 15 is 0 Å². The molecule has 1 aliphatic rings. The summed E-state index contributed by atoms with van der Waals surface area (Å²) in [7, 11) is 0. The Kier molecular flexibility index (Phi) is 5.27. The Morgan fingerprint density at radius 3 is 2.71 bits per heavy atom. The number of amides is 2. The molecule has 0 aromatic heterocycles. The van der Waals surface area contributed by atoms with Crippen LogP contribution in [0.5, 0.6) is 0 Å². The van der Waals surface area contributed by atoms with Crippen LogP contribution in [0.15, 0.2) is 30.3 Å². The Bertz CT molecular complexity index is 533. The molecular formula is C15H19N3O2S. The van der Waals surface area contributed by atoms with Crippen molar-refractivity contribution in [3.63, 3.8) is 0 Å². The lowest BCUT2D eigenvalue weighted by molar-refractivity contribution is -0.133. The largest absolute Gasteiger partial charge is 0.393 e. The zero-order chi connectivity index (χ0) is 15.2. The molecule has 1 aromatic carbocycles. The number of carbonyl (C=O) groups is 2. The number of nitrogens with one attached hydrogen (secondary N) is 1. The third-order valence-corrected chi connectivity index (χ3v) is 3.83. The van der Waals surface area contributed by atoms with Crippen molar-refractivity contribution in [3.05, 3.63) is 35.9 Å². The van der Waals surface area contributed by atoms with Gasteiger partial charge in [0.15, 0.2) is 0 Å². The lowest BCUT2D eigenvalue weighted by atomic mass is 9.97. The first-order chi connectivity index (χ1) is 10.1. The third-order valence-electron chi connectivity index (χ3n) is 3.55. The van der Waals surface area contributed by atoms with Crippen molar-refractivity contribution in [2.45, 2.75) is 12.8 Å². The number of thiocarbonyl (C=S) groups is 1. The van der Waals surface area contributed by atoms with Crippen LogP contribution in [0.25, 0.3) is 0 Å². The molecule has 3 N–H and O–H groups in total. The molecule has 0 aliphatic carbocycles. The fraction of sp³-hybridized carbons (Fsp3) is 0.400. The van der Waals surface area contributed by atoms with Crippen LogP contribution in [-0.2, 0) is 16.0 Å². The van der Waals surface area contributed by atoms with Gasteiger partial charge >= 0.3 is 0 Å². The highest BCUT2D eigenvalue weighted by Crippen LogP contribution is 2.13. The fourth-order valence-corrected chi connectivity index (χ4v) is 2.55. The van der Waals surface area contributed by atoms with Crippen molar-refractivity contribution in [2.75, 3.05) is 19.6 Å². The smallest absolute Gasteiger partial charge is 0.232 e. The Labute approximate surface area is 129 Å². The summed E-state index contributed by atoms with van der Waals surface area (Å²) in [5.41, 5.74) is 6.78. The van der Waals surface area contributed by atoms with E-state index in [1.54, 1.807) is 4.90 Å². The molecule has 0 bridgehead atoms. The van der Waals surface area contributed by atoms with Gasteiger partial charge in [0.05, 0.1) is 10.9 Å². The topological polar surface area (TPSA) is 75.4 Å². The summed E-state index contributed by atoms with van der Waals surface area (Å²) >= 11 is 5.07. The number of nitrogens with two attached hydrogens (primary N) is 1. The Hall–Kier alpha value is -1.95. The quantitative estimate of drug-likeness (QED) is 0.794. The lowest BCUT2D eigenvalue weighted by Crippen LogP contribution is -2.43. The van der Waals surface area contributed by atoms with Crippen LogP contribution in [-0.4, -0.2) is 41.3 Å². The Morgan fingerprint density at radius 1 is 1.33 bits per heavy atom. The van der Waals surface area contributed by atoms with E-state index in [0.717, 1.165) is 5.56 Å². The van der Waals surface area contributed by atoms with Crippen LogP contribution in [0.4, 0.5) is 0 Å². The van der Waals surface area contributed by atoms with Crippen LogP contribution < -0.4 is 11.1 Å². The first-order valence-electron chi connectivity index (χ1n) is 6.96. The van der Waals surface area contributed by atoms with E-state index < -0.39 is 5.92 Å².